The Morgan fingerprint density at radius 3 is 2.93 bits per heavy atom. The molecule has 1 aromatic heterocycles. The standard InChI is InChI=1S/C11H17NOS/c1-7-3-5-13-11(7)10(12)9-4-6-14-8(9)2/h4,6-7,10-11H,3,5,12H2,1-2H3. The van der Waals surface area contributed by atoms with E-state index in [1.807, 2.05) is 0 Å². The molecule has 0 saturated carbocycles. The predicted molar refractivity (Wildman–Crippen MR) is 59.5 cm³/mol. The van der Waals surface area contributed by atoms with Crippen LogP contribution in [0, 0.1) is 12.8 Å². The molecule has 3 unspecified atom stereocenters. The van der Waals surface area contributed by atoms with Crippen LogP contribution in [0.15, 0.2) is 11.4 Å². The number of thiophene rings is 1. The first kappa shape index (κ1) is 10.1. The van der Waals surface area contributed by atoms with Crippen LogP contribution in [0.3, 0.4) is 0 Å². The van der Waals surface area contributed by atoms with E-state index in [1.54, 1.807) is 11.3 Å². The fourth-order valence-corrected chi connectivity index (χ4v) is 2.85. The summed E-state index contributed by atoms with van der Waals surface area (Å²) < 4.78 is 5.69. The van der Waals surface area contributed by atoms with Gasteiger partial charge in [0.2, 0.25) is 0 Å². The monoisotopic (exact) mass is 211 g/mol. The Labute approximate surface area is 89.1 Å². The third-order valence-corrected chi connectivity index (χ3v) is 3.92. The first-order valence-electron chi connectivity index (χ1n) is 5.11. The van der Waals surface area contributed by atoms with Crippen molar-refractivity contribution in [3.05, 3.63) is 21.9 Å². The van der Waals surface area contributed by atoms with Gasteiger partial charge in [-0.25, -0.2) is 0 Å². The molecule has 3 heteroatoms. The highest BCUT2D eigenvalue weighted by molar-refractivity contribution is 7.10. The maximum absolute atomic E-state index is 6.22. The van der Waals surface area contributed by atoms with E-state index < -0.39 is 0 Å². The zero-order valence-electron chi connectivity index (χ0n) is 8.69. The first-order chi connectivity index (χ1) is 6.70. The molecule has 0 aliphatic carbocycles. The summed E-state index contributed by atoms with van der Waals surface area (Å²) in [6.45, 7) is 5.21. The van der Waals surface area contributed by atoms with E-state index in [0.29, 0.717) is 5.92 Å². The molecule has 2 N–H and O–H groups in total. The van der Waals surface area contributed by atoms with E-state index in [1.165, 1.54) is 10.4 Å². The summed E-state index contributed by atoms with van der Waals surface area (Å²) in [4.78, 5) is 1.32. The average molecular weight is 211 g/mol. The second-order valence-electron chi connectivity index (χ2n) is 4.06. The molecule has 1 fully saturated rings. The van der Waals surface area contributed by atoms with Gasteiger partial charge in [0.05, 0.1) is 12.1 Å². The summed E-state index contributed by atoms with van der Waals surface area (Å²) in [5.74, 6) is 0.587. The van der Waals surface area contributed by atoms with Gasteiger partial charge in [0.25, 0.3) is 0 Å². The first-order valence-corrected chi connectivity index (χ1v) is 5.99. The quantitative estimate of drug-likeness (QED) is 0.815. The highest BCUT2D eigenvalue weighted by Crippen LogP contribution is 2.32. The summed E-state index contributed by atoms with van der Waals surface area (Å²) in [5, 5.41) is 2.10. The molecular formula is C11H17NOS. The summed E-state index contributed by atoms with van der Waals surface area (Å²) >= 11 is 1.76. The van der Waals surface area contributed by atoms with Crippen LogP contribution in [0.2, 0.25) is 0 Å². The summed E-state index contributed by atoms with van der Waals surface area (Å²) in [6, 6.07) is 2.18. The lowest BCUT2D eigenvalue weighted by Crippen LogP contribution is -2.29. The zero-order chi connectivity index (χ0) is 10.1. The van der Waals surface area contributed by atoms with Gasteiger partial charge < -0.3 is 10.5 Å². The lowest BCUT2D eigenvalue weighted by atomic mass is 9.94. The lowest BCUT2D eigenvalue weighted by molar-refractivity contribution is 0.0724. The molecule has 0 aromatic carbocycles. The maximum atomic E-state index is 6.22. The number of hydrogen-bond acceptors (Lipinski definition) is 3. The van der Waals surface area contributed by atoms with Gasteiger partial charge in [0.15, 0.2) is 0 Å². The Kier molecular flexibility index (Phi) is 2.91. The number of ether oxygens (including phenoxy) is 1. The van der Waals surface area contributed by atoms with Gasteiger partial charge in [0, 0.05) is 11.5 Å². The number of hydrogen-bond donors (Lipinski definition) is 1. The maximum Gasteiger partial charge on any atom is 0.0794 e. The van der Waals surface area contributed by atoms with Gasteiger partial charge in [-0.2, -0.15) is 0 Å². The number of aryl methyl sites for hydroxylation is 1. The predicted octanol–water partition coefficient (Wildman–Crippen LogP) is 2.48. The van der Waals surface area contributed by atoms with Crippen molar-refractivity contribution in [2.75, 3.05) is 6.61 Å². The van der Waals surface area contributed by atoms with Crippen molar-refractivity contribution in [3.8, 4) is 0 Å². The van der Waals surface area contributed by atoms with Crippen LogP contribution < -0.4 is 5.73 Å². The summed E-state index contributed by atoms with van der Waals surface area (Å²) in [7, 11) is 0. The SMILES string of the molecule is Cc1sccc1C(N)C1OCCC1C. The Balaban J connectivity index is 2.15. The van der Waals surface area contributed by atoms with Crippen LogP contribution in [-0.4, -0.2) is 12.7 Å². The molecule has 1 aliphatic rings. The number of rotatable bonds is 2. The van der Waals surface area contributed by atoms with Gasteiger partial charge in [-0.05, 0) is 36.3 Å². The second kappa shape index (κ2) is 4.01. The molecule has 2 heterocycles. The van der Waals surface area contributed by atoms with Crippen molar-refractivity contribution in [1.29, 1.82) is 0 Å². The molecule has 14 heavy (non-hydrogen) atoms. The highest BCUT2D eigenvalue weighted by atomic mass is 32.1. The van der Waals surface area contributed by atoms with Crippen LogP contribution in [0.5, 0.6) is 0 Å². The Hall–Kier alpha value is -0.380. The molecule has 3 atom stereocenters. The lowest BCUT2D eigenvalue weighted by Gasteiger charge is -2.22. The van der Waals surface area contributed by atoms with Gasteiger partial charge in [0.1, 0.15) is 0 Å². The van der Waals surface area contributed by atoms with Crippen LogP contribution in [0.4, 0.5) is 0 Å². The van der Waals surface area contributed by atoms with Crippen molar-refractivity contribution in [3.63, 3.8) is 0 Å². The Morgan fingerprint density at radius 2 is 2.43 bits per heavy atom. The van der Waals surface area contributed by atoms with E-state index in [-0.39, 0.29) is 12.1 Å². The molecule has 78 valence electrons. The molecule has 2 nitrogen and oxygen atoms in total. The minimum Gasteiger partial charge on any atom is -0.376 e. The summed E-state index contributed by atoms with van der Waals surface area (Å²) in [5.41, 5.74) is 7.48. The van der Waals surface area contributed by atoms with Gasteiger partial charge in [-0.1, -0.05) is 6.92 Å². The zero-order valence-corrected chi connectivity index (χ0v) is 9.51. The Morgan fingerprint density at radius 1 is 1.64 bits per heavy atom. The molecule has 1 aromatic rings. The third-order valence-electron chi connectivity index (χ3n) is 3.06. The van der Waals surface area contributed by atoms with Crippen LogP contribution in [0.25, 0.3) is 0 Å². The van der Waals surface area contributed by atoms with Crippen LogP contribution in [0.1, 0.15) is 29.8 Å². The topological polar surface area (TPSA) is 35.2 Å². The van der Waals surface area contributed by atoms with Crippen molar-refractivity contribution < 1.29 is 4.74 Å². The van der Waals surface area contributed by atoms with E-state index in [9.17, 15) is 0 Å². The van der Waals surface area contributed by atoms with Crippen molar-refractivity contribution in [2.24, 2.45) is 11.7 Å². The normalized spacial score (nSPS) is 29.4. The molecule has 0 radical (unpaired) electrons. The van der Waals surface area contributed by atoms with E-state index in [2.05, 4.69) is 25.3 Å². The molecule has 0 bridgehead atoms. The minimum atomic E-state index is 0.0544. The second-order valence-corrected chi connectivity index (χ2v) is 5.18. The van der Waals surface area contributed by atoms with E-state index in [4.69, 9.17) is 10.5 Å². The fraction of sp³-hybridized carbons (Fsp3) is 0.636. The third kappa shape index (κ3) is 1.72. The van der Waals surface area contributed by atoms with Crippen LogP contribution in [-0.2, 0) is 4.74 Å². The van der Waals surface area contributed by atoms with Gasteiger partial charge >= 0.3 is 0 Å². The molecule has 1 aliphatic heterocycles. The van der Waals surface area contributed by atoms with Crippen molar-refractivity contribution >= 4 is 11.3 Å². The van der Waals surface area contributed by atoms with Crippen molar-refractivity contribution in [2.45, 2.75) is 32.4 Å². The fourth-order valence-electron chi connectivity index (χ4n) is 2.09. The molecule has 0 spiro atoms. The largest absolute Gasteiger partial charge is 0.376 e. The Bertz CT molecular complexity index is 310. The molecule has 0 amide bonds. The smallest absolute Gasteiger partial charge is 0.0794 e. The average Bonchev–Trinajstić information content (AvgIpc) is 2.73. The van der Waals surface area contributed by atoms with E-state index in [0.717, 1.165) is 13.0 Å². The van der Waals surface area contributed by atoms with Crippen LogP contribution >= 0.6 is 11.3 Å². The number of nitrogens with two attached hydrogens (primary N) is 1. The molecule has 2 rings (SSSR count). The van der Waals surface area contributed by atoms with Gasteiger partial charge in [-0.15, -0.1) is 11.3 Å². The highest BCUT2D eigenvalue weighted by Gasteiger charge is 2.31. The van der Waals surface area contributed by atoms with Gasteiger partial charge in [-0.3, -0.25) is 0 Å². The van der Waals surface area contributed by atoms with E-state index >= 15 is 0 Å². The molecular weight excluding hydrogens is 194 g/mol. The summed E-state index contributed by atoms with van der Waals surface area (Å²) in [6.07, 6.45) is 1.35. The molecule has 1 saturated heterocycles. The minimum absolute atomic E-state index is 0.0544. The van der Waals surface area contributed by atoms with Crippen molar-refractivity contribution in [1.82, 2.24) is 0 Å².